The third-order valence-electron chi connectivity index (χ3n) is 5.65. The van der Waals surface area contributed by atoms with Crippen molar-refractivity contribution in [3.05, 3.63) is 35.4 Å². The number of nitrogens with one attached hydrogen (secondary N) is 1. The number of ether oxygens (including phenoxy) is 1. The zero-order valence-corrected chi connectivity index (χ0v) is 16.1. The van der Waals surface area contributed by atoms with Crippen molar-refractivity contribution >= 4 is 5.91 Å². The van der Waals surface area contributed by atoms with Gasteiger partial charge in [-0.3, -0.25) is 9.69 Å². The van der Waals surface area contributed by atoms with E-state index in [2.05, 4.69) is 42.3 Å². The predicted octanol–water partition coefficient (Wildman–Crippen LogP) is 2.43. The predicted molar refractivity (Wildman–Crippen MR) is 104 cm³/mol. The summed E-state index contributed by atoms with van der Waals surface area (Å²) >= 11 is 0. The van der Waals surface area contributed by atoms with Crippen LogP contribution in [-0.4, -0.2) is 42.1 Å². The van der Waals surface area contributed by atoms with E-state index in [9.17, 15) is 4.79 Å². The molecule has 1 aliphatic carbocycles. The summed E-state index contributed by atoms with van der Waals surface area (Å²) in [4.78, 5) is 14.8. The standard InChI is InChI=1S/C21H33N3O2/c1-15-12-24(13-16(2)26-15)14-19-7-4-3-6-18(19)11-23-21(25)10-17-8-5-9-20(17)22/h3-4,6-7,15-17,20H,5,8-14,22H2,1-2H3,(H,23,25)/t15?,16?,17-,20+/m0/s1. The van der Waals surface area contributed by atoms with Crippen molar-refractivity contribution < 1.29 is 9.53 Å². The lowest BCUT2D eigenvalue weighted by Crippen LogP contribution is -2.45. The van der Waals surface area contributed by atoms with Gasteiger partial charge in [-0.25, -0.2) is 0 Å². The topological polar surface area (TPSA) is 67.6 Å². The van der Waals surface area contributed by atoms with E-state index in [0.29, 0.717) is 18.9 Å². The van der Waals surface area contributed by atoms with Gasteiger partial charge in [-0.2, -0.15) is 0 Å². The summed E-state index contributed by atoms with van der Waals surface area (Å²) in [7, 11) is 0. The summed E-state index contributed by atoms with van der Waals surface area (Å²) in [6.45, 7) is 7.64. The minimum Gasteiger partial charge on any atom is -0.373 e. The monoisotopic (exact) mass is 359 g/mol. The molecule has 3 rings (SSSR count). The van der Waals surface area contributed by atoms with Crippen LogP contribution in [0.5, 0.6) is 0 Å². The molecule has 0 aromatic heterocycles. The highest BCUT2D eigenvalue weighted by atomic mass is 16.5. The quantitative estimate of drug-likeness (QED) is 0.819. The van der Waals surface area contributed by atoms with Gasteiger partial charge < -0.3 is 15.8 Å². The van der Waals surface area contributed by atoms with Gasteiger partial charge in [0.15, 0.2) is 0 Å². The number of nitrogens with two attached hydrogens (primary N) is 1. The van der Waals surface area contributed by atoms with Crippen molar-refractivity contribution in [2.45, 2.75) is 70.9 Å². The van der Waals surface area contributed by atoms with E-state index in [1.54, 1.807) is 0 Å². The molecule has 144 valence electrons. The molecule has 2 unspecified atom stereocenters. The molecule has 3 N–H and O–H groups in total. The molecule has 2 fully saturated rings. The molecule has 1 aromatic carbocycles. The average molecular weight is 360 g/mol. The maximum Gasteiger partial charge on any atom is 0.220 e. The first-order valence-corrected chi connectivity index (χ1v) is 9.98. The molecule has 1 aromatic rings. The lowest BCUT2D eigenvalue weighted by molar-refractivity contribution is -0.122. The van der Waals surface area contributed by atoms with Gasteiger partial charge >= 0.3 is 0 Å². The van der Waals surface area contributed by atoms with E-state index in [1.807, 2.05) is 6.07 Å². The second kappa shape index (κ2) is 8.98. The lowest BCUT2D eigenvalue weighted by atomic mass is 9.99. The Morgan fingerprint density at radius 1 is 1.19 bits per heavy atom. The molecule has 4 atom stereocenters. The molecular formula is C21H33N3O2. The van der Waals surface area contributed by atoms with E-state index < -0.39 is 0 Å². The van der Waals surface area contributed by atoms with Crippen LogP contribution in [0.3, 0.4) is 0 Å². The van der Waals surface area contributed by atoms with Crippen LogP contribution in [0.2, 0.25) is 0 Å². The molecule has 5 nitrogen and oxygen atoms in total. The zero-order valence-electron chi connectivity index (χ0n) is 16.1. The molecule has 0 radical (unpaired) electrons. The van der Waals surface area contributed by atoms with Crippen LogP contribution in [0, 0.1) is 5.92 Å². The minimum absolute atomic E-state index is 0.121. The maximum absolute atomic E-state index is 12.3. The third-order valence-corrected chi connectivity index (χ3v) is 5.65. The molecule has 2 aliphatic rings. The van der Waals surface area contributed by atoms with Crippen LogP contribution in [0.25, 0.3) is 0 Å². The van der Waals surface area contributed by atoms with Crippen LogP contribution < -0.4 is 11.1 Å². The van der Waals surface area contributed by atoms with Crippen LogP contribution in [0.15, 0.2) is 24.3 Å². The Labute approximate surface area is 157 Å². The first-order valence-electron chi connectivity index (χ1n) is 9.98. The van der Waals surface area contributed by atoms with Crippen molar-refractivity contribution in [1.29, 1.82) is 0 Å². The highest BCUT2D eigenvalue weighted by molar-refractivity contribution is 5.76. The summed E-state index contributed by atoms with van der Waals surface area (Å²) in [6.07, 6.45) is 4.37. The van der Waals surface area contributed by atoms with E-state index >= 15 is 0 Å². The fraction of sp³-hybridized carbons (Fsp3) is 0.667. The highest BCUT2D eigenvalue weighted by Gasteiger charge is 2.26. The van der Waals surface area contributed by atoms with Gasteiger partial charge in [-0.1, -0.05) is 30.7 Å². The van der Waals surface area contributed by atoms with E-state index in [-0.39, 0.29) is 24.2 Å². The minimum atomic E-state index is 0.121. The molecule has 26 heavy (non-hydrogen) atoms. The van der Waals surface area contributed by atoms with Crippen molar-refractivity contribution in [1.82, 2.24) is 10.2 Å². The number of carbonyl (C=O) groups excluding carboxylic acids is 1. The van der Waals surface area contributed by atoms with Gasteiger partial charge in [0.25, 0.3) is 0 Å². The van der Waals surface area contributed by atoms with Crippen LogP contribution in [-0.2, 0) is 22.6 Å². The Balaban J connectivity index is 1.54. The second-order valence-corrected chi connectivity index (χ2v) is 8.06. The molecule has 0 bridgehead atoms. The maximum atomic E-state index is 12.3. The first-order chi connectivity index (χ1) is 12.5. The SMILES string of the molecule is CC1CN(Cc2ccccc2CNC(=O)C[C@@H]2CCC[C@H]2N)CC(C)O1. The molecule has 1 saturated heterocycles. The number of carbonyl (C=O) groups is 1. The molecule has 1 aliphatic heterocycles. The fourth-order valence-corrected chi connectivity index (χ4v) is 4.36. The van der Waals surface area contributed by atoms with Gasteiger partial charge in [0.05, 0.1) is 12.2 Å². The van der Waals surface area contributed by atoms with Crippen molar-refractivity contribution in [2.75, 3.05) is 13.1 Å². The van der Waals surface area contributed by atoms with Gasteiger partial charge in [0.1, 0.15) is 0 Å². The average Bonchev–Trinajstić information content (AvgIpc) is 2.98. The summed E-state index contributed by atoms with van der Waals surface area (Å²) in [5.41, 5.74) is 8.57. The number of amides is 1. The Morgan fingerprint density at radius 3 is 2.54 bits per heavy atom. The normalized spacial score (nSPS) is 29.7. The van der Waals surface area contributed by atoms with Crippen LogP contribution in [0.1, 0.15) is 50.7 Å². The van der Waals surface area contributed by atoms with Gasteiger partial charge in [0, 0.05) is 38.6 Å². The molecule has 1 heterocycles. The Morgan fingerprint density at radius 2 is 1.88 bits per heavy atom. The lowest BCUT2D eigenvalue weighted by Gasteiger charge is -2.35. The Kier molecular flexibility index (Phi) is 6.68. The molecule has 1 saturated carbocycles. The largest absolute Gasteiger partial charge is 0.373 e. The van der Waals surface area contributed by atoms with E-state index in [0.717, 1.165) is 38.9 Å². The summed E-state index contributed by atoms with van der Waals surface area (Å²) in [5.74, 6) is 0.470. The first kappa shape index (κ1) is 19.3. The molecular weight excluding hydrogens is 326 g/mol. The highest BCUT2D eigenvalue weighted by Crippen LogP contribution is 2.26. The van der Waals surface area contributed by atoms with Crippen molar-refractivity contribution in [2.24, 2.45) is 11.7 Å². The number of rotatable bonds is 6. The Hall–Kier alpha value is -1.43. The van der Waals surface area contributed by atoms with E-state index in [4.69, 9.17) is 10.5 Å². The molecule has 1 amide bonds. The van der Waals surface area contributed by atoms with Crippen LogP contribution >= 0.6 is 0 Å². The summed E-state index contributed by atoms with van der Waals surface area (Å²) < 4.78 is 5.83. The van der Waals surface area contributed by atoms with Gasteiger partial charge in [-0.05, 0) is 43.7 Å². The summed E-state index contributed by atoms with van der Waals surface area (Å²) in [5, 5.41) is 3.10. The van der Waals surface area contributed by atoms with Crippen molar-refractivity contribution in [3.8, 4) is 0 Å². The van der Waals surface area contributed by atoms with E-state index in [1.165, 1.54) is 11.1 Å². The fourth-order valence-electron chi connectivity index (χ4n) is 4.36. The third kappa shape index (κ3) is 5.29. The van der Waals surface area contributed by atoms with Crippen molar-refractivity contribution in [3.63, 3.8) is 0 Å². The Bertz CT molecular complexity index is 597. The van der Waals surface area contributed by atoms with Gasteiger partial charge in [-0.15, -0.1) is 0 Å². The number of nitrogens with zero attached hydrogens (tertiary/aromatic N) is 1. The number of hydrogen-bond acceptors (Lipinski definition) is 4. The number of morpholine rings is 1. The smallest absolute Gasteiger partial charge is 0.220 e. The number of benzene rings is 1. The number of hydrogen-bond donors (Lipinski definition) is 2. The molecule has 0 spiro atoms. The second-order valence-electron chi connectivity index (χ2n) is 8.06. The zero-order chi connectivity index (χ0) is 18.5. The van der Waals surface area contributed by atoms with Gasteiger partial charge in [0.2, 0.25) is 5.91 Å². The summed E-state index contributed by atoms with van der Waals surface area (Å²) in [6, 6.07) is 8.59. The van der Waals surface area contributed by atoms with Crippen LogP contribution in [0.4, 0.5) is 0 Å². The molecule has 5 heteroatoms.